The van der Waals surface area contributed by atoms with Crippen molar-refractivity contribution in [2.45, 2.75) is 51.2 Å². The monoisotopic (exact) mass is 532 g/mol. The molecule has 3 aromatic carbocycles. The fourth-order valence-corrected chi connectivity index (χ4v) is 5.16. The number of fused-ring (bicyclic) bond motifs is 1. The predicted molar refractivity (Wildman–Crippen MR) is 148 cm³/mol. The molecule has 0 amide bonds. The van der Waals surface area contributed by atoms with Crippen molar-refractivity contribution < 1.29 is 22.7 Å². The van der Waals surface area contributed by atoms with Crippen LogP contribution in [0.25, 0.3) is 22.0 Å². The number of ether oxygens (including phenoxy) is 2. The molecule has 1 atom stereocenters. The van der Waals surface area contributed by atoms with Gasteiger partial charge in [-0.25, -0.2) is 13.4 Å². The zero-order valence-corrected chi connectivity index (χ0v) is 23.0. The summed E-state index contributed by atoms with van der Waals surface area (Å²) in [5.74, 6) is 0.254. The number of aromatic nitrogens is 1. The molecule has 0 spiro atoms. The second kappa shape index (κ2) is 10.9. The van der Waals surface area contributed by atoms with Gasteiger partial charge < -0.3 is 9.47 Å². The number of carbonyl (C=O) groups is 1. The van der Waals surface area contributed by atoms with Crippen LogP contribution in [0.1, 0.15) is 34.6 Å². The first-order valence-electron chi connectivity index (χ1n) is 12.4. The quantitative estimate of drug-likeness (QED) is 0.266. The number of hydrogen-bond acceptors (Lipinski definition) is 6. The topological polar surface area (TPSA) is 94.6 Å². The molecule has 1 unspecified atom stereocenters. The molecule has 198 valence electrons. The van der Waals surface area contributed by atoms with Crippen molar-refractivity contribution in [3.05, 3.63) is 84.9 Å². The Morgan fingerprint density at radius 2 is 1.45 bits per heavy atom. The van der Waals surface area contributed by atoms with E-state index in [0.717, 1.165) is 22.0 Å². The Kier molecular flexibility index (Phi) is 7.85. The highest BCUT2D eigenvalue weighted by atomic mass is 32.2. The maximum atomic E-state index is 13.0. The number of hydrogen-bond donors (Lipinski definition) is 1. The number of para-hydroxylation sites is 1. The van der Waals surface area contributed by atoms with E-state index in [0.29, 0.717) is 11.6 Å². The number of nitrogens with one attached hydrogen (secondary N) is 1. The van der Waals surface area contributed by atoms with E-state index in [1.807, 2.05) is 60.7 Å². The number of carbonyl (C=O) groups excluding carboxylic acids is 1. The predicted octanol–water partition coefficient (Wildman–Crippen LogP) is 6.34. The van der Waals surface area contributed by atoms with Gasteiger partial charge in [0.2, 0.25) is 15.9 Å². The van der Waals surface area contributed by atoms with Gasteiger partial charge in [0, 0.05) is 11.5 Å². The molecule has 0 fully saturated rings. The standard InChI is InChI=1S/C30H32N2O5S/c1-20(2)28(29(33)37-30(3,4)5)32-38(34,35)25-17-12-22(13-18-25)21-10-15-24(16-11-21)36-27-19-14-23-8-6-7-9-26(23)31-27/h6-20,28,32H,1-5H3. The van der Waals surface area contributed by atoms with Crippen molar-refractivity contribution in [1.29, 1.82) is 0 Å². The summed E-state index contributed by atoms with van der Waals surface area (Å²) in [6.45, 7) is 8.77. The smallest absolute Gasteiger partial charge is 0.324 e. The Morgan fingerprint density at radius 3 is 2.05 bits per heavy atom. The normalized spacial score (nSPS) is 12.9. The van der Waals surface area contributed by atoms with Crippen LogP contribution >= 0.6 is 0 Å². The molecule has 4 rings (SSSR count). The summed E-state index contributed by atoms with van der Waals surface area (Å²) in [5.41, 5.74) is 1.88. The van der Waals surface area contributed by atoms with Crippen LogP contribution < -0.4 is 9.46 Å². The molecule has 0 aliphatic rings. The lowest BCUT2D eigenvalue weighted by atomic mass is 10.1. The minimum Gasteiger partial charge on any atom is -0.459 e. The zero-order chi connectivity index (χ0) is 27.5. The van der Waals surface area contributed by atoms with Gasteiger partial charge in [0.15, 0.2) is 0 Å². The molecule has 0 aliphatic heterocycles. The Hall–Kier alpha value is -3.75. The third kappa shape index (κ3) is 6.76. The average Bonchev–Trinajstić information content (AvgIpc) is 2.86. The molecular weight excluding hydrogens is 500 g/mol. The van der Waals surface area contributed by atoms with Crippen LogP contribution in [0.4, 0.5) is 0 Å². The largest absolute Gasteiger partial charge is 0.459 e. The van der Waals surface area contributed by atoms with Crippen molar-refractivity contribution in [2.75, 3.05) is 0 Å². The number of rotatable bonds is 8. The van der Waals surface area contributed by atoms with Crippen LogP contribution in [0.15, 0.2) is 89.8 Å². The molecule has 1 heterocycles. The molecule has 38 heavy (non-hydrogen) atoms. The number of nitrogens with zero attached hydrogens (tertiary/aromatic N) is 1. The minimum absolute atomic E-state index is 0.0674. The fraction of sp³-hybridized carbons (Fsp3) is 0.267. The summed E-state index contributed by atoms with van der Waals surface area (Å²) < 4.78 is 39.9. The highest BCUT2D eigenvalue weighted by molar-refractivity contribution is 7.89. The van der Waals surface area contributed by atoms with E-state index in [4.69, 9.17) is 9.47 Å². The first-order valence-corrected chi connectivity index (χ1v) is 13.9. The van der Waals surface area contributed by atoms with Gasteiger partial charge in [-0.05, 0) is 74.2 Å². The summed E-state index contributed by atoms with van der Waals surface area (Å²) in [7, 11) is -3.94. The fourth-order valence-electron chi connectivity index (χ4n) is 3.82. The Morgan fingerprint density at radius 1 is 0.842 bits per heavy atom. The van der Waals surface area contributed by atoms with Crippen LogP contribution in [-0.2, 0) is 19.6 Å². The molecule has 1 N–H and O–H groups in total. The van der Waals surface area contributed by atoms with Gasteiger partial charge in [-0.15, -0.1) is 0 Å². The number of sulfonamides is 1. The second-order valence-electron chi connectivity index (χ2n) is 10.4. The van der Waals surface area contributed by atoms with Crippen molar-refractivity contribution in [3.63, 3.8) is 0 Å². The molecule has 0 saturated heterocycles. The molecule has 1 aromatic heterocycles. The van der Waals surface area contributed by atoms with Crippen LogP contribution in [0, 0.1) is 5.92 Å². The summed E-state index contributed by atoms with van der Waals surface area (Å²) in [6, 6.07) is 24.6. The summed E-state index contributed by atoms with van der Waals surface area (Å²) >= 11 is 0. The summed E-state index contributed by atoms with van der Waals surface area (Å²) in [6.07, 6.45) is 0. The van der Waals surface area contributed by atoms with E-state index in [2.05, 4.69) is 9.71 Å². The first kappa shape index (κ1) is 27.3. The zero-order valence-electron chi connectivity index (χ0n) is 22.1. The maximum absolute atomic E-state index is 13.0. The molecular formula is C30H32N2O5S. The van der Waals surface area contributed by atoms with E-state index < -0.39 is 27.6 Å². The van der Waals surface area contributed by atoms with Crippen molar-refractivity contribution in [3.8, 4) is 22.8 Å². The van der Waals surface area contributed by atoms with E-state index in [1.165, 1.54) is 12.1 Å². The lowest BCUT2D eigenvalue weighted by Crippen LogP contribution is -2.47. The van der Waals surface area contributed by atoms with Crippen LogP contribution in [0.2, 0.25) is 0 Å². The molecule has 7 nitrogen and oxygen atoms in total. The highest BCUT2D eigenvalue weighted by Gasteiger charge is 2.32. The molecule has 8 heteroatoms. The van der Waals surface area contributed by atoms with Gasteiger partial charge >= 0.3 is 5.97 Å². The van der Waals surface area contributed by atoms with Gasteiger partial charge in [-0.1, -0.05) is 56.3 Å². The third-order valence-electron chi connectivity index (χ3n) is 5.76. The van der Waals surface area contributed by atoms with Crippen molar-refractivity contribution >= 4 is 26.9 Å². The lowest BCUT2D eigenvalue weighted by molar-refractivity contribution is -0.158. The first-order chi connectivity index (χ1) is 17.9. The van der Waals surface area contributed by atoms with Crippen LogP contribution in [0.3, 0.4) is 0 Å². The Balaban J connectivity index is 1.46. The van der Waals surface area contributed by atoms with Crippen LogP contribution in [-0.4, -0.2) is 31.0 Å². The van der Waals surface area contributed by atoms with Gasteiger partial charge in [0.1, 0.15) is 17.4 Å². The molecule has 0 bridgehead atoms. The van der Waals surface area contributed by atoms with Gasteiger partial charge in [0.25, 0.3) is 0 Å². The summed E-state index contributed by atoms with van der Waals surface area (Å²) in [4.78, 5) is 17.2. The number of pyridine rings is 1. The number of esters is 1. The van der Waals surface area contributed by atoms with Crippen LogP contribution in [0.5, 0.6) is 11.6 Å². The lowest BCUT2D eigenvalue weighted by Gasteiger charge is -2.26. The van der Waals surface area contributed by atoms with Gasteiger partial charge in [-0.3, -0.25) is 4.79 Å². The second-order valence-corrected chi connectivity index (χ2v) is 12.1. The summed E-state index contributed by atoms with van der Waals surface area (Å²) in [5, 5.41) is 1.04. The molecule has 0 aliphatic carbocycles. The average molecular weight is 533 g/mol. The molecule has 0 radical (unpaired) electrons. The van der Waals surface area contributed by atoms with Crippen molar-refractivity contribution in [1.82, 2.24) is 9.71 Å². The Bertz CT molecular complexity index is 1520. The van der Waals surface area contributed by atoms with Crippen molar-refractivity contribution in [2.24, 2.45) is 5.92 Å². The Labute approximate surface area is 223 Å². The molecule has 0 saturated carbocycles. The van der Waals surface area contributed by atoms with E-state index in [1.54, 1.807) is 46.8 Å². The SMILES string of the molecule is CC(C)C(NS(=O)(=O)c1ccc(-c2ccc(Oc3ccc4ccccc4n3)cc2)cc1)C(=O)OC(C)(C)C. The van der Waals surface area contributed by atoms with E-state index in [-0.39, 0.29) is 10.8 Å². The van der Waals surface area contributed by atoms with E-state index in [9.17, 15) is 13.2 Å². The maximum Gasteiger partial charge on any atom is 0.324 e. The third-order valence-corrected chi connectivity index (χ3v) is 7.21. The van der Waals surface area contributed by atoms with Gasteiger partial charge in [-0.2, -0.15) is 4.72 Å². The van der Waals surface area contributed by atoms with E-state index >= 15 is 0 Å². The number of benzene rings is 3. The van der Waals surface area contributed by atoms with Gasteiger partial charge in [0.05, 0.1) is 10.4 Å². The minimum atomic E-state index is -3.94. The highest BCUT2D eigenvalue weighted by Crippen LogP contribution is 2.27. The molecule has 4 aromatic rings.